The molecule has 0 saturated heterocycles. The lowest BCUT2D eigenvalue weighted by Crippen LogP contribution is -2.53. The van der Waals surface area contributed by atoms with Crippen molar-refractivity contribution < 1.29 is 24.2 Å². The van der Waals surface area contributed by atoms with Crippen LogP contribution in [0.1, 0.15) is 76.1 Å². The number of nitrogens with one attached hydrogen (secondary N) is 2. The third-order valence-electron chi connectivity index (χ3n) is 7.94. The van der Waals surface area contributed by atoms with Gasteiger partial charge in [-0.2, -0.15) is 0 Å². The van der Waals surface area contributed by atoms with E-state index in [2.05, 4.69) is 24.1 Å². The monoisotopic (exact) mass is 649 g/mol. The molecule has 0 radical (unpaired) electrons. The van der Waals surface area contributed by atoms with E-state index in [1.165, 1.54) is 12.1 Å². The third-order valence-corrected chi connectivity index (χ3v) is 7.94. The van der Waals surface area contributed by atoms with Gasteiger partial charge in [-0.15, -0.1) is 0 Å². The Morgan fingerprint density at radius 3 is 2.31 bits per heavy atom. The number of unbranched alkanes of at least 4 members (excludes halogenated alkanes) is 3. The molecule has 0 aliphatic rings. The molecular weight excluding hydrogens is 602 g/mol. The number of amides is 3. The van der Waals surface area contributed by atoms with E-state index in [1.54, 1.807) is 43.9 Å². The van der Waals surface area contributed by atoms with E-state index in [0.717, 1.165) is 41.2 Å². The van der Waals surface area contributed by atoms with Gasteiger partial charge >= 0.3 is 6.09 Å². The predicted octanol–water partition coefficient (Wildman–Crippen LogP) is 8.41. The summed E-state index contributed by atoms with van der Waals surface area (Å²) in [5, 5.41) is 17.8. The topological polar surface area (TPSA) is 108 Å². The van der Waals surface area contributed by atoms with Gasteiger partial charge in [0.15, 0.2) is 0 Å². The smallest absolute Gasteiger partial charge is 0.408 e. The molecule has 3 N–H and O–H groups in total. The van der Waals surface area contributed by atoms with Crippen LogP contribution >= 0.6 is 0 Å². The lowest BCUT2D eigenvalue weighted by atomic mass is 9.98. The number of ether oxygens (including phenoxy) is 1. The Morgan fingerprint density at radius 1 is 0.896 bits per heavy atom. The largest absolute Gasteiger partial charge is 0.508 e. The average molecular weight is 650 g/mol. The number of hydrogen-bond donors (Lipinski definition) is 3. The summed E-state index contributed by atoms with van der Waals surface area (Å²) in [5.74, 6) is -0.712. The molecule has 252 valence electrons. The highest BCUT2D eigenvalue weighted by atomic mass is 16.6. The molecule has 0 bridgehead atoms. The van der Waals surface area contributed by atoms with E-state index in [4.69, 9.17) is 4.74 Å². The quantitative estimate of drug-likeness (QED) is 0.119. The molecule has 2 unspecified atom stereocenters. The molecule has 48 heavy (non-hydrogen) atoms. The summed E-state index contributed by atoms with van der Waals surface area (Å²) in [6.45, 7) is 11.6. The lowest BCUT2D eigenvalue weighted by Gasteiger charge is -2.35. The first-order chi connectivity index (χ1) is 23.0. The normalized spacial score (nSPS) is 12.5. The number of hydrogen-bond acceptors (Lipinski definition) is 5. The van der Waals surface area contributed by atoms with Crippen molar-refractivity contribution >= 4 is 40.4 Å². The van der Waals surface area contributed by atoms with Gasteiger partial charge in [0.1, 0.15) is 23.4 Å². The first-order valence-corrected chi connectivity index (χ1v) is 16.6. The van der Waals surface area contributed by atoms with Crippen LogP contribution in [0, 0.1) is 0 Å². The van der Waals surface area contributed by atoms with Gasteiger partial charge in [0.05, 0.1) is 0 Å². The molecular formula is C40H47N3O5. The average Bonchev–Trinajstić information content (AvgIpc) is 3.05. The number of carbonyl (C=O) groups is 3. The second kappa shape index (κ2) is 16.6. The SMILES string of the molecule is C=Cc1cccc(C(C(=O)Nc2ccc3ccccc3c2)N(CCCCCC)C(=O)C(Cc2ccc(O)cc2)NC(=O)OC(C)(C)C)c1. The van der Waals surface area contributed by atoms with E-state index < -0.39 is 29.7 Å². The Labute approximate surface area is 283 Å². The highest BCUT2D eigenvalue weighted by molar-refractivity contribution is 6.00. The van der Waals surface area contributed by atoms with E-state index in [1.807, 2.05) is 66.7 Å². The summed E-state index contributed by atoms with van der Waals surface area (Å²) >= 11 is 0. The Balaban J connectivity index is 1.77. The number of benzene rings is 4. The maximum atomic E-state index is 14.8. The van der Waals surface area contributed by atoms with Crippen molar-refractivity contribution in [2.24, 2.45) is 0 Å². The summed E-state index contributed by atoms with van der Waals surface area (Å²) in [6.07, 6.45) is 4.60. The number of phenolic OH excluding ortho intramolecular Hbond substituents is 1. The fourth-order valence-electron chi connectivity index (χ4n) is 5.60. The van der Waals surface area contributed by atoms with Crippen molar-refractivity contribution in [3.05, 3.63) is 114 Å². The number of carbonyl (C=O) groups excluding carboxylic acids is 3. The molecule has 4 aromatic carbocycles. The van der Waals surface area contributed by atoms with Gasteiger partial charge in [-0.05, 0) is 85.0 Å². The molecule has 0 heterocycles. The van der Waals surface area contributed by atoms with Crippen LogP contribution in [-0.2, 0) is 20.7 Å². The first kappa shape index (κ1) is 35.7. The van der Waals surface area contributed by atoms with E-state index in [0.29, 0.717) is 17.7 Å². The molecule has 0 aromatic heterocycles. The van der Waals surface area contributed by atoms with Crippen molar-refractivity contribution in [2.75, 3.05) is 11.9 Å². The van der Waals surface area contributed by atoms with E-state index in [-0.39, 0.29) is 24.6 Å². The number of fused-ring (bicyclic) bond motifs is 1. The van der Waals surface area contributed by atoms with Gasteiger partial charge in [-0.1, -0.05) is 99.5 Å². The van der Waals surface area contributed by atoms with E-state index >= 15 is 0 Å². The maximum Gasteiger partial charge on any atom is 0.408 e. The van der Waals surface area contributed by atoms with Crippen LogP contribution in [-0.4, -0.2) is 46.1 Å². The van der Waals surface area contributed by atoms with Gasteiger partial charge < -0.3 is 25.4 Å². The first-order valence-electron chi connectivity index (χ1n) is 16.6. The molecule has 4 aromatic rings. The minimum absolute atomic E-state index is 0.0896. The maximum absolute atomic E-state index is 14.8. The third kappa shape index (κ3) is 10.2. The zero-order valence-corrected chi connectivity index (χ0v) is 28.4. The number of rotatable bonds is 14. The van der Waals surface area contributed by atoms with E-state index in [9.17, 15) is 19.5 Å². The number of aromatic hydroxyl groups is 1. The molecule has 0 aliphatic carbocycles. The minimum Gasteiger partial charge on any atom is -0.508 e. The molecule has 4 rings (SSSR count). The summed E-state index contributed by atoms with van der Waals surface area (Å²) in [5.41, 5.74) is 1.97. The summed E-state index contributed by atoms with van der Waals surface area (Å²) in [4.78, 5) is 43.9. The van der Waals surface area contributed by atoms with Crippen LogP contribution in [0.3, 0.4) is 0 Å². The number of phenols is 1. The zero-order chi connectivity index (χ0) is 34.7. The number of alkyl carbamates (subject to hydrolysis) is 1. The van der Waals surface area contributed by atoms with Crippen molar-refractivity contribution in [2.45, 2.75) is 77.5 Å². The van der Waals surface area contributed by atoms with Crippen LogP contribution in [0.25, 0.3) is 16.8 Å². The van der Waals surface area contributed by atoms with Crippen LogP contribution in [0.4, 0.5) is 10.5 Å². The standard InChI is InChI=1S/C40H47N3O5/c1-6-8-9-12-24-43(38(46)35(42-39(47)48-40(3,4)5)26-29-18-22-34(44)23-19-29)36(32-17-13-14-28(7-2)25-32)37(45)41-33-21-20-30-15-10-11-16-31(30)27-33/h7,10-11,13-23,25,27,35-36,44H,2,6,8-9,12,24,26H2,1,3-5H3,(H,41,45)(H,42,47). The number of anilines is 1. The highest BCUT2D eigenvalue weighted by Crippen LogP contribution is 2.28. The minimum atomic E-state index is -1.06. The lowest BCUT2D eigenvalue weighted by molar-refractivity contribution is -0.140. The van der Waals surface area contributed by atoms with Crippen LogP contribution in [0.5, 0.6) is 5.75 Å². The second-order valence-electron chi connectivity index (χ2n) is 13.0. The molecule has 0 fully saturated rings. The van der Waals surface area contributed by atoms with Crippen molar-refractivity contribution in [1.82, 2.24) is 10.2 Å². The zero-order valence-electron chi connectivity index (χ0n) is 28.4. The molecule has 3 amide bonds. The van der Waals surface area contributed by atoms with Gasteiger partial charge in [0, 0.05) is 18.7 Å². The molecule has 8 heteroatoms. The summed E-state index contributed by atoms with van der Waals surface area (Å²) in [7, 11) is 0. The van der Waals surface area contributed by atoms with Gasteiger partial charge in [-0.3, -0.25) is 9.59 Å². The van der Waals surface area contributed by atoms with Crippen molar-refractivity contribution in [3.8, 4) is 5.75 Å². The van der Waals surface area contributed by atoms with Crippen LogP contribution in [0.15, 0.2) is 97.6 Å². The van der Waals surface area contributed by atoms with Crippen molar-refractivity contribution in [3.63, 3.8) is 0 Å². The van der Waals surface area contributed by atoms with Gasteiger partial charge in [0.2, 0.25) is 5.91 Å². The number of nitrogens with zero attached hydrogens (tertiary/aromatic N) is 1. The fourth-order valence-corrected chi connectivity index (χ4v) is 5.60. The van der Waals surface area contributed by atoms with Crippen LogP contribution in [0.2, 0.25) is 0 Å². The molecule has 0 spiro atoms. The Kier molecular flexibility index (Phi) is 12.4. The molecule has 0 saturated carbocycles. The predicted molar refractivity (Wildman–Crippen MR) is 193 cm³/mol. The van der Waals surface area contributed by atoms with Gasteiger partial charge in [-0.25, -0.2) is 4.79 Å². The Hall–Kier alpha value is -5.11. The van der Waals surface area contributed by atoms with Gasteiger partial charge in [0.25, 0.3) is 5.91 Å². The second-order valence-corrected chi connectivity index (χ2v) is 13.0. The van der Waals surface area contributed by atoms with Crippen molar-refractivity contribution in [1.29, 1.82) is 0 Å². The summed E-state index contributed by atoms with van der Waals surface area (Å²) in [6, 6.07) is 25.4. The molecule has 8 nitrogen and oxygen atoms in total. The molecule has 0 aliphatic heterocycles. The summed E-state index contributed by atoms with van der Waals surface area (Å²) < 4.78 is 5.55. The molecule has 2 atom stereocenters. The fraction of sp³-hybridized carbons (Fsp3) is 0.325. The Bertz CT molecular complexity index is 1710. The highest BCUT2D eigenvalue weighted by Gasteiger charge is 2.36. The van der Waals surface area contributed by atoms with Crippen LogP contribution < -0.4 is 10.6 Å². The Morgan fingerprint density at radius 2 is 1.62 bits per heavy atom.